The smallest absolute Gasteiger partial charge is 0.227 e. The van der Waals surface area contributed by atoms with Crippen LogP contribution in [0, 0.1) is 17.8 Å². The molecule has 1 aliphatic rings. The number of Topliss-reactive ketones (excluding diaryl/α,β-unsaturated/α-hetero) is 3. The number of halogens is 1. The molecule has 0 bridgehead atoms. The molecule has 3 N–H and O–H groups in total. The number of amides is 1. The number of ketones is 3. The fourth-order valence-electron chi connectivity index (χ4n) is 5.22. The van der Waals surface area contributed by atoms with Crippen molar-refractivity contribution in [2.24, 2.45) is 23.5 Å². The Balaban J connectivity index is 1.68. The minimum absolute atomic E-state index is 0.0298. The van der Waals surface area contributed by atoms with Gasteiger partial charge in [0, 0.05) is 61.1 Å². The summed E-state index contributed by atoms with van der Waals surface area (Å²) in [5, 5.41) is 4.68. The molecule has 8 nitrogen and oxygen atoms in total. The lowest BCUT2D eigenvalue weighted by atomic mass is 9.86. The van der Waals surface area contributed by atoms with E-state index in [1.165, 1.54) is 0 Å². The van der Waals surface area contributed by atoms with Gasteiger partial charge < -0.3 is 16.0 Å². The second-order valence-corrected chi connectivity index (χ2v) is 10.7. The van der Waals surface area contributed by atoms with Crippen molar-refractivity contribution in [2.45, 2.75) is 58.4 Å². The number of rotatable bonds is 15. The molecule has 1 fully saturated rings. The quantitative estimate of drug-likeness (QED) is 0.260. The molecule has 3 rings (SSSR count). The summed E-state index contributed by atoms with van der Waals surface area (Å²) in [6, 6.07) is 6.61. The molecule has 0 saturated carbocycles. The van der Waals surface area contributed by atoms with E-state index in [0.29, 0.717) is 50.2 Å². The first kappa shape index (κ1) is 29.9. The predicted octanol–water partition coefficient (Wildman–Crippen LogP) is 3.98. The van der Waals surface area contributed by atoms with E-state index >= 15 is 0 Å². The molecular weight excluding hydrogens is 499 g/mol. The van der Waals surface area contributed by atoms with E-state index in [9.17, 15) is 23.6 Å². The molecule has 1 aromatic heterocycles. The van der Waals surface area contributed by atoms with Gasteiger partial charge in [-0.2, -0.15) is 0 Å². The largest absolute Gasteiger partial charge is 0.386 e. The van der Waals surface area contributed by atoms with Gasteiger partial charge in [-0.3, -0.25) is 24.2 Å². The Bertz CT molecular complexity index is 1210. The van der Waals surface area contributed by atoms with Crippen LogP contribution in [0.1, 0.15) is 62.7 Å². The number of fused-ring (bicyclic) bond motifs is 1. The lowest BCUT2D eigenvalue weighted by Gasteiger charge is -2.30. The molecule has 1 aliphatic heterocycles. The van der Waals surface area contributed by atoms with E-state index in [1.54, 1.807) is 29.4 Å². The maximum Gasteiger partial charge on any atom is 0.227 e. The number of nitrogens with one attached hydrogen (secondary N) is 1. The first-order valence-electron chi connectivity index (χ1n) is 13.6. The minimum atomic E-state index is -1.13. The fourth-order valence-corrected chi connectivity index (χ4v) is 5.22. The van der Waals surface area contributed by atoms with Crippen LogP contribution in [0.25, 0.3) is 10.8 Å². The topological polar surface area (TPSA) is 122 Å². The predicted molar refractivity (Wildman–Crippen MR) is 148 cm³/mol. The van der Waals surface area contributed by atoms with Crippen LogP contribution in [0.3, 0.4) is 0 Å². The van der Waals surface area contributed by atoms with E-state index in [2.05, 4.69) is 16.9 Å². The molecule has 0 unspecified atom stereocenters. The lowest BCUT2D eigenvalue weighted by Crippen LogP contribution is -2.45. The van der Waals surface area contributed by atoms with E-state index in [4.69, 9.17) is 5.73 Å². The summed E-state index contributed by atoms with van der Waals surface area (Å²) in [7, 11) is 0. The van der Waals surface area contributed by atoms with Crippen molar-refractivity contribution < 1.29 is 23.6 Å². The minimum Gasteiger partial charge on any atom is -0.386 e. The summed E-state index contributed by atoms with van der Waals surface area (Å²) in [6.45, 7) is 7.08. The Morgan fingerprint density at radius 3 is 2.64 bits per heavy atom. The Morgan fingerprint density at radius 2 is 1.95 bits per heavy atom. The number of nitrogens with zero attached hydrogens (tertiary/aromatic N) is 2. The van der Waals surface area contributed by atoms with Gasteiger partial charge in [0.05, 0.1) is 11.9 Å². The van der Waals surface area contributed by atoms with Gasteiger partial charge in [0.1, 0.15) is 6.67 Å². The third-order valence-electron chi connectivity index (χ3n) is 7.51. The molecule has 0 radical (unpaired) electrons. The summed E-state index contributed by atoms with van der Waals surface area (Å²) < 4.78 is 13.2. The maximum atomic E-state index is 13.7. The molecule has 0 spiro atoms. The normalized spacial score (nSPS) is 16.7. The van der Waals surface area contributed by atoms with Crippen molar-refractivity contribution in [3.63, 3.8) is 0 Å². The highest BCUT2D eigenvalue weighted by Gasteiger charge is 2.39. The number of aromatic nitrogens is 1. The van der Waals surface area contributed by atoms with E-state index < -0.39 is 30.3 Å². The molecule has 2 heterocycles. The van der Waals surface area contributed by atoms with Crippen LogP contribution in [0.5, 0.6) is 0 Å². The van der Waals surface area contributed by atoms with Gasteiger partial charge in [-0.1, -0.05) is 32.6 Å². The van der Waals surface area contributed by atoms with Crippen LogP contribution in [0.4, 0.5) is 4.39 Å². The second-order valence-electron chi connectivity index (χ2n) is 10.7. The molecule has 9 heteroatoms. The summed E-state index contributed by atoms with van der Waals surface area (Å²) in [5.74, 6) is -2.37. The Morgan fingerprint density at radius 1 is 1.18 bits per heavy atom. The van der Waals surface area contributed by atoms with Crippen LogP contribution >= 0.6 is 0 Å². The zero-order valence-corrected chi connectivity index (χ0v) is 22.8. The number of pyridine rings is 1. The average molecular weight is 539 g/mol. The molecule has 1 aromatic carbocycles. The van der Waals surface area contributed by atoms with Crippen molar-refractivity contribution in [3.8, 4) is 0 Å². The number of likely N-dealkylation sites (tertiary alicyclic amines) is 1. The standard InChI is InChI=1S/C30H39FN4O4/c1-19(2)25(16-27(36)23-9-8-21-10-12-33-18-24(21)14-23)30(39)35-13-5-7-26(35)28(37)15-22(29(38)17-31)6-4-11-34-20(3)32/h8-10,12,14,18-19,22,25-26,34H,3-7,11,13,15-17,32H2,1-2H3/t22-,25+,26+/m1/s1. The molecular formula is C30H39FN4O4. The number of carbonyl (C=O) groups is 4. The number of alkyl halides is 1. The van der Waals surface area contributed by atoms with Crippen LogP contribution in [0.15, 0.2) is 49.1 Å². The van der Waals surface area contributed by atoms with Gasteiger partial charge >= 0.3 is 0 Å². The summed E-state index contributed by atoms with van der Waals surface area (Å²) in [6.07, 6.45) is 5.31. The van der Waals surface area contributed by atoms with Crippen molar-refractivity contribution >= 4 is 34.0 Å². The molecule has 1 saturated heterocycles. The van der Waals surface area contributed by atoms with Crippen LogP contribution in [0.2, 0.25) is 0 Å². The Labute approximate surface area is 229 Å². The molecule has 2 aromatic rings. The number of hydrogen-bond donors (Lipinski definition) is 2. The monoisotopic (exact) mass is 538 g/mol. The van der Waals surface area contributed by atoms with Crippen molar-refractivity contribution in [1.82, 2.24) is 15.2 Å². The van der Waals surface area contributed by atoms with Crippen LogP contribution < -0.4 is 11.1 Å². The highest BCUT2D eigenvalue weighted by atomic mass is 19.1. The Hall–Kier alpha value is -3.62. The fraction of sp³-hybridized carbons (Fsp3) is 0.500. The number of nitrogens with two attached hydrogens (primary N) is 1. The molecule has 3 atom stereocenters. The van der Waals surface area contributed by atoms with Gasteiger partial charge in [-0.25, -0.2) is 4.39 Å². The van der Waals surface area contributed by atoms with E-state index in [-0.39, 0.29) is 36.2 Å². The average Bonchev–Trinajstić information content (AvgIpc) is 3.42. The lowest BCUT2D eigenvalue weighted by molar-refractivity contribution is -0.142. The summed E-state index contributed by atoms with van der Waals surface area (Å²) >= 11 is 0. The molecule has 39 heavy (non-hydrogen) atoms. The van der Waals surface area contributed by atoms with Crippen LogP contribution in [-0.2, 0) is 14.4 Å². The zero-order valence-electron chi connectivity index (χ0n) is 22.8. The highest BCUT2D eigenvalue weighted by Crippen LogP contribution is 2.29. The summed E-state index contributed by atoms with van der Waals surface area (Å²) in [4.78, 5) is 58.1. The third kappa shape index (κ3) is 7.94. The second kappa shape index (κ2) is 14.0. The number of benzene rings is 1. The van der Waals surface area contributed by atoms with Gasteiger partial charge in [0.2, 0.25) is 5.91 Å². The SMILES string of the molecule is C=C(N)NCCC[C@H](CC(=O)[C@@H]1CCCN1C(=O)[C@@H](CC(=O)c1ccc2ccncc2c1)C(C)C)C(=O)CF. The first-order chi connectivity index (χ1) is 18.6. The molecule has 1 amide bonds. The van der Waals surface area contributed by atoms with Crippen molar-refractivity contribution in [2.75, 3.05) is 19.8 Å². The zero-order chi connectivity index (χ0) is 28.5. The molecule has 0 aliphatic carbocycles. The van der Waals surface area contributed by atoms with E-state index in [1.807, 2.05) is 26.0 Å². The van der Waals surface area contributed by atoms with Crippen LogP contribution in [-0.4, -0.2) is 58.9 Å². The summed E-state index contributed by atoms with van der Waals surface area (Å²) in [5.41, 5.74) is 6.00. The van der Waals surface area contributed by atoms with Crippen molar-refractivity contribution in [3.05, 3.63) is 54.6 Å². The Kier molecular flexibility index (Phi) is 10.7. The van der Waals surface area contributed by atoms with Gasteiger partial charge in [0.25, 0.3) is 0 Å². The van der Waals surface area contributed by atoms with Gasteiger partial charge in [0.15, 0.2) is 17.3 Å². The first-order valence-corrected chi connectivity index (χ1v) is 13.6. The van der Waals surface area contributed by atoms with Gasteiger partial charge in [-0.15, -0.1) is 0 Å². The highest BCUT2D eigenvalue weighted by molar-refractivity contribution is 6.02. The third-order valence-corrected chi connectivity index (χ3v) is 7.51. The number of hydrogen-bond acceptors (Lipinski definition) is 7. The van der Waals surface area contributed by atoms with Gasteiger partial charge in [-0.05, 0) is 49.1 Å². The van der Waals surface area contributed by atoms with Crippen molar-refractivity contribution in [1.29, 1.82) is 0 Å². The number of carbonyl (C=O) groups excluding carboxylic acids is 4. The molecule has 210 valence electrons. The van der Waals surface area contributed by atoms with E-state index in [0.717, 1.165) is 10.8 Å². The maximum absolute atomic E-state index is 13.7.